The number of fused-ring (bicyclic) bond motifs is 2. The van der Waals surface area contributed by atoms with Crippen molar-refractivity contribution in [3.8, 4) is 16.9 Å². The smallest absolute Gasteiger partial charge is 0.224 e. The molecule has 6 aromatic rings. The number of ether oxygens (including phenoxy) is 1. The van der Waals surface area contributed by atoms with E-state index in [1.54, 1.807) is 13.0 Å². The highest BCUT2D eigenvalue weighted by Crippen LogP contribution is 2.37. The summed E-state index contributed by atoms with van der Waals surface area (Å²) in [6.07, 6.45) is 5.58. The van der Waals surface area contributed by atoms with E-state index in [1.807, 2.05) is 53.5 Å². The molecule has 206 valence electrons. The first kappa shape index (κ1) is 26.0. The minimum absolute atomic E-state index is 0.124. The average Bonchev–Trinajstić information content (AvgIpc) is 3.62. The Hall–Kier alpha value is -5.22. The Bertz CT molecular complexity index is 1830. The normalized spacial score (nSPS) is 11.2. The first-order chi connectivity index (χ1) is 20.1. The fourth-order valence-corrected chi connectivity index (χ4v) is 4.78. The lowest BCUT2D eigenvalue weighted by molar-refractivity contribution is -0.115. The summed E-state index contributed by atoms with van der Waals surface area (Å²) in [5.41, 5.74) is 6.01. The van der Waals surface area contributed by atoms with E-state index in [2.05, 4.69) is 54.9 Å². The number of hydrogen-bond acceptors (Lipinski definition) is 7. The third kappa shape index (κ3) is 5.45. The number of carbonyl (C=O) groups excluding carboxylic acids is 1. The molecule has 0 spiro atoms. The van der Waals surface area contributed by atoms with E-state index >= 15 is 0 Å². The number of carbonyl (C=O) groups is 1. The monoisotopic (exact) mass is 547 g/mol. The van der Waals surface area contributed by atoms with Gasteiger partial charge < -0.3 is 25.5 Å². The largest absolute Gasteiger partial charge is 0.489 e. The molecule has 3 heterocycles. The van der Waals surface area contributed by atoms with Crippen molar-refractivity contribution in [1.82, 2.24) is 24.7 Å². The van der Waals surface area contributed by atoms with Crippen molar-refractivity contribution in [3.63, 3.8) is 0 Å². The maximum Gasteiger partial charge on any atom is 0.224 e. The topological polar surface area (TPSA) is 130 Å². The maximum atomic E-state index is 12.2. The first-order valence-electron chi connectivity index (χ1n) is 13.4. The van der Waals surface area contributed by atoms with Gasteiger partial charge in [0.1, 0.15) is 30.1 Å². The molecule has 0 atom stereocenters. The zero-order valence-corrected chi connectivity index (χ0v) is 22.5. The summed E-state index contributed by atoms with van der Waals surface area (Å²) >= 11 is 0. The molecule has 4 N–H and O–H groups in total. The SMILES string of the molecule is CCC(=O)Nc1cc(-c2c[nH]c3ncnc(Nc4ccc5c(cnn5Cc5ccccc5)c4)c23)ccc1OCCO. The standard InChI is InChI=1S/C31H29N7O3/c1-2-28(40)37-25-15-21(8-11-27(25)41-13-12-39)24-17-32-30-29(24)31(34-19-33-30)36-23-9-10-26-22(14-23)16-35-38(26)18-20-6-4-3-5-7-20/h3-11,14-17,19,39H,2,12-13,18H2,1H3,(H,37,40)(H2,32,33,34,36). The number of aromatic amines is 1. The number of hydrogen-bond donors (Lipinski definition) is 4. The molecule has 10 heteroatoms. The summed E-state index contributed by atoms with van der Waals surface area (Å²) < 4.78 is 7.64. The van der Waals surface area contributed by atoms with Crippen molar-refractivity contribution >= 4 is 45.0 Å². The van der Waals surface area contributed by atoms with Crippen LogP contribution < -0.4 is 15.4 Å². The molecule has 3 aromatic carbocycles. The van der Waals surface area contributed by atoms with Crippen molar-refractivity contribution < 1.29 is 14.6 Å². The van der Waals surface area contributed by atoms with Gasteiger partial charge in [0, 0.05) is 29.3 Å². The van der Waals surface area contributed by atoms with E-state index in [1.165, 1.54) is 11.9 Å². The van der Waals surface area contributed by atoms with Gasteiger partial charge in [-0.05, 0) is 41.5 Å². The highest BCUT2D eigenvalue weighted by atomic mass is 16.5. The van der Waals surface area contributed by atoms with Gasteiger partial charge in [0.25, 0.3) is 0 Å². The molecule has 0 radical (unpaired) electrons. The summed E-state index contributed by atoms with van der Waals surface area (Å²) in [5.74, 6) is 0.991. The van der Waals surface area contributed by atoms with Crippen LogP contribution in [0.15, 0.2) is 85.5 Å². The van der Waals surface area contributed by atoms with E-state index in [0.29, 0.717) is 35.9 Å². The summed E-state index contributed by atoms with van der Waals surface area (Å²) in [7, 11) is 0. The number of anilines is 3. The van der Waals surface area contributed by atoms with Gasteiger partial charge in [-0.2, -0.15) is 5.10 Å². The predicted octanol–water partition coefficient (Wildman–Crippen LogP) is 5.49. The number of H-pyrrole nitrogens is 1. The highest BCUT2D eigenvalue weighted by molar-refractivity contribution is 6.03. The van der Waals surface area contributed by atoms with E-state index in [9.17, 15) is 9.90 Å². The second kappa shape index (κ2) is 11.5. The third-order valence-corrected chi connectivity index (χ3v) is 6.78. The van der Waals surface area contributed by atoms with Crippen LogP contribution in [-0.4, -0.2) is 49.0 Å². The lowest BCUT2D eigenvalue weighted by Gasteiger charge is -2.14. The Kier molecular flexibility index (Phi) is 7.29. The Balaban J connectivity index is 1.33. The Morgan fingerprint density at radius 2 is 1.95 bits per heavy atom. The van der Waals surface area contributed by atoms with Crippen LogP contribution in [0.5, 0.6) is 5.75 Å². The number of rotatable bonds is 10. The number of amides is 1. The Labute approximate surface area is 236 Å². The fourth-order valence-electron chi connectivity index (χ4n) is 4.78. The maximum absolute atomic E-state index is 12.2. The van der Waals surface area contributed by atoms with Crippen LogP contribution in [0.2, 0.25) is 0 Å². The molecule has 0 aliphatic rings. The minimum Gasteiger partial charge on any atom is -0.489 e. The zero-order valence-electron chi connectivity index (χ0n) is 22.5. The van der Waals surface area contributed by atoms with E-state index in [4.69, 9.17) is 4.74 Å². The van der Waals surface area contributed by atoms with Crippen LogP contribution in [0, 0.1) is 0 Å². The van der Waals surface area contributed by atoms with Crippen molar-refractivity contribution in [2.75, 3.05) is 23.8 Å². The summed E-state index contributed by atoms with van der Waals surface area (Å²) in [6.45, 7) is 2.48. The van der Waals surface area contributed by atoms with Gasteiger partial charge in [0.05, 0.1) is 35.9 Å². The Morgan fingerprint density at radius 3 is 2.78 bits per heavy atom. The molecule has 0 fully saturated rings. The molecule has 0 bridgehead atoms. The molecule has 0 saturated carbocycles. The summed E-state index contributed by atoms with van der Waals surface area (Å²) in [6, 6.07) is 21.9. The van der Waals surface area contributed by atoms with Gasteiger partial charge in [-0.1, -0.05) is 43.3 Å². The zero-order chi connectivity index (χ0) is 28.2. The fraction of sp³-hybridized carbons (Fsp3) is 0.161. The van der Waals surface area contributed by atoms with Gasteiger partial charge in [0.15, 0.2) is 0 Å². The molecule has 0 saturated heterocycles. The first-order valence-corrected chi connectivity index (χ1v) is 13.4. The van der Waals surface area contributed by atoms with Crippen molar-refractivity contribution in [2.24, 2.45) is 0 Å². The second-order valence-corrected chi connectivity index (χ2v) is 9.52. The highest BCUT2D eigenvalue weighted by Gasteiger charge is 2.16. The lowest BCUT2D eigenvalue weighted by Crippen LogP contribution is -2.12. The summed E-state index contributed by atoms with van der Waals surface area (Å²) in [4.78, 5) is 24.4. The number of aliphatic hydroxyl groups is 1. The molecule has 0 unspecified atom stereocenters. The van der Waals surface area contributed by atoms with Gasteiger partial charge in [0.2, 0.25) is 5.91 Å². The molecule has 1 amide bonds. The van der Waals surface area contributed by atoms with Crippen LogP contribution in [-0.2, 0) is 11.3 Å². The van der Waals surface area contributed by atoms with Crippen LogP contribution in [0.4, 0.5) is 17.2 Å². The predicted molar refractivity (Wildman–Crippen MR) is 159 cm³/mol. The van der Waals surface area contributed by atoms with Gasteiger partial charge in [-0.15, -0.1) is 0 Å². The molecular formula is C31H29N7O3. The number of aliphatic hydroxyl groups excluding tert-OH is 1. The van der Waals surface area contributed by atoms with Crippen molar-refractivity contribution in [3.05, 3.63) is 91.0 Å². The molecule has 6 rings (SSSR count). The number of benzene rings is 3. The molecule has 10 nitrogen and oxygen atoms in total. The lowest BCUT2D eigenvalue weighted by atomic mass is 10.0. The van der Waals surface area contributed by atoms with Crippen LogP contribution in [0.1, 0.15) is 18.9 Å². The number of aromatic nitrogens is 5. The van der Waals surface area contributed by atoms with Crippen molar-refractivity contribution in [2.45, 2.75) is 19.9 Å². The van der Waals surface area contributed by atoms with Gasteiger partial charge in [-0.25, -0.2) is 9.97 Å². The summed E-state index contributed by atoms with van der Waals surface area (Å²) in [5, 5.41) is 22.0. The second-order valence-electron chi connectivity index (χ2n) is 9.52. The van der Waals surface area contributed by atoms with E-state index in [-0.39, 0.29) is 19.1 Å². The van der Waals surface area contributed by atoms with E-state index in [0.717, 1.165) is 33.1 Å². The van der Waals surface area contributed by atoms with Crippen LogP contribution in [0.3, 0.4) is 0 Å². The van der Waals surface area contributed by atoms with Crippen LogP contribution >= 0.6 is 0 Å². The van der Waals surface area contributed by atoms with E-state index < -0.39 is 0 Å². The molecule has 0 aliphatic heterocycles. The molecule has 3 aromatic heterocycles. The minimum atomic E-state index is -0.136. The average molecular weight is 548 g/mol. The molecular weight excluding hydrogens is 518 g/mol. The molecule has 0 aliphatic carbocycles. The molecule has 41 heavy (non-hydrogen) atoms. The number of nitrogens with one attached hydrogen (secondary N) is 3. The van der Waals surface area contributed by atoms with Gasteiger partial charge in [-0.3, -0.25) is 9.48 Å². The van der Waals surface area contributed by atoms with Crippen molar-refractivity contribution in [1.29, 1.82) is 0 Å². The van der Waals surface area contributed by atoms with Gasteiger partial charge >= 0.3 is 0 Å². The quantitative estimate of drug-likeness (QED) is 0.179. The third-order valence-electron chi connectivity index (χ3n) is 6.78. The van der Waals surface area contributed by atoms with Crippen LogP contribution in [0.25, 0.3) is 33.1 Å². The Morgan fingerprint density at radius 1 is 1.07 bits per heavy atom. The number of nitrogens with zero attached hydrogens (tertiary/aromatic N) is 4.